The van der Waals surface area contributed by atoms with Gasteiger partial charge in [0.1, 0.15) is 0 Å². The zero-order valence-corrected chi connectivity index (χ0v) is 9.38. The van der Waals surface area contributed by atoms with Gasteiger partial charge in [-0.1, -0.05) is 19.1 Å². The lowest BCUT2D eigenvalue weighted by atomic mass is 10.2. The Kier molecular flexibility index (Phi) is 4.47. The predicted molar refractivity (Wildman–Crippen MR) is 62.8 cm³/mol. The molecule has 0 saturated carbocycles. The molecule has 0 aromatic heterocycles. The average Bonchev–Trinajstić information content (AvgIpc) is 2.17. The van der Waals surface area contributed by atoms with Gasteiger partial charge < -0.3 is 10.2 Å². The van der Waals surface area contributed by atoms with Gasteiger partial charge in [-0.2, -0.15) is 0 Å². The van der Waals surface area contributed by atoms with E-state index in [2.05, 4.69) is 55.4 Å². The third-order valence-corrected chi connectivity index (χ3v) is 2.38. The molecule has 14 heavy (non-hydrogen) atoms. The molecule has 1 aromatic carbocycles. The van der Waals surface area contributed by atoms with Crippen LogP contribution in [0.5, 0.6) is 0 Å². The molecular weight excluding hydrogens is 172 g/mol. The van der Waals surface area contributed by atoms with Crippen molar-refractivity contribution >= 4 is 5.69 Å². The maximum Gasteiger partial charge on any atom is 0.0343 e. The summed E-state index contributed by atoms with van der Waals surface area (Å²) in [6.07, 6.45) is 0. The second-order valence-electron chi connectivity index (χ2n) is 3.69. The van der Waals surface area contributed by atoms with Crippen LogP contribution in [-0.2, 0) is 0 Å². The smallest absolute Gasteiger partial charge is 0.0343 e. The Morgan fingerprint density at radius 3 is 2.79 bits per heavy atom. The topological polar surface area (TPSA) is 15.3 Å². The van der Waals surface area contributed by atoms with E-state index in [1.165, 1.54) is 11.3 Å². The molecule has 1 aromatic rings. The molecular formula is C12H20N2. The number of aryl methyl sites for hydroxylation is 1. The van der Waals surface area contributed by atoms with Gasteiger partial charge in [-0.3, -0.25) is 0 Å². The lowest BCUT2D eigenvalue weighted by Crippen LogP contribution is -2.24. The summed E-state index contributed by atoms with van der Waals surface area (Å²) < 4.78 is 0. The Labute approximate surface area is 86.9 Å². The van der Waals surface area contributed by atoms with E-state index in [9.17, 15) is 0 Å². The molecule has 0 amide bonds. The molecule has 1 N–H and O–H groups in total. The van der Waals surface area contributed by atoms with Gasteiger partial charge in [0.15, 0.2) is 0 Å². The van der Waals surface area contributed by atoms with Crippen LogP contribution in [0.2, 0.25) is 0 Å². The molecule has 0 aliphatic rings. The van der Waals surface area contributed by atoms with Crippen molar-refractivity contribution < 1.29 is 0 Å². The van der Waals surface area contributed by atoms with Crippen LogP contribution in [0.15, 0.2) is 24.3 Å². The predicted octanol–water partition coefficient (Wildman–Crippen LogP) is 2.36. The maximum absolute atomic E-state index is 3.41. The molecule has 0 heterocycles. The molecule has 0 aliphatic heterocycles. The summed E-state index contributed by atoms with van der Waals surface area (Å²) in [5, 5.41) is 3.41. The van der Waals surface area contributed by atoms with Gasteiger partial charge in [-0.25, -0.2) is 0 Å². The first kappa shape index (κ1) is 11.1. The highest BCUT2D eigenvalue weighted by molar-refractivity contribution is 5.45. The minimum atomic E-state index is 1.01. The summed E-state index contributed by atoms with van der Waals surface area (Å²) in [6, 6.07) is 8.48. The van der Waals surface area contributed by atoms with Crippen LogP contribution in [0.1, 0.15) is 12.5 Å². The Morgan fingerprint density at radius 2 is 2.14 bits per heavy atom. The van der Waals surface area contributed by atoms with Gasteiger partial charge in [-0.15, -0.1) is 0 Å². The normalized spacial score (nSPS) is 10.6. The molecule has 2 heteroatoms. The molecule has 0 spiro atoms. The second-order valence-corrected chi connectivity index (χ2v) is 3.69. The fraction of sp³-hybridized carbons (Fsp3) is 0.500. The van der Waals surface area contributed by atoms with Crippen molar-refractivity contribution in [2.24, 2.45) is 0 Å². The van der Waals surface area contributed by atoms with Crippen LogP contribution >= 0.6 is 0 Å². The lowest BCUT2D eigenvalue weighted by molar-refractivity contribution is 0.367. The van der Waals surface area contributed by atoms with Crippen molar-refractivity contribution in [3.05, 3.63) is 29.8 Å². The van der Waals surface area contributed by atoms with E-state index in [1.807, 2.05) is 0 Å². The van der Waals surface area contributed by atoms with Crippen molar-refractivity contribution in [1.29, 1.82) is 0 Å². The lowest BCUT2D eigenvalue weighted by Gasteiger charge is -2.14. The summed E-state index contributed by atoms with van der Waals surface area (Å²) in [5.74, 6) is 0. The molecule has 0 atom stereocenters. The molecule has 0 aliphatic carbocycles. The van der Waals surface area contributed by atoms with E-state index in [4.69, 9.17) is 0 Å². The monoisotopic (exact) mass is 192 g/mol. The minimum absolute atomic E-state index is 1.01. The number of nitrogens with zero attached hydrogens (tertiary/aromatic N) is 1. The van der Waals surface area contributed by atoms with Crippen molar-refractivity contribution in [3.8, 4) is 0 Å². The van der Waals surface area contributed by atoms with E-state index in [0.717, 1.165) is 19.6 Å². The molecule has 0 radical (unpaired) electrons. The highest BCUT2D eigenvalue weighted by atomic mass is 15.1. The summed E-state index contributed by atoms with van der Waals surface area (Å²) in [6.45, 7) is 7.49. The standard InChI is InChI=1S/C12H20N2/c1-4-14(3)9-8-13-12-7-5-6-11(2)10-12/h5-7,10,13H,4,8-9H2,1-3H3. The first-order chi connectivity index (χ1) is 6.72. The van der Waals surface area contributed by atoms with E-state index >= 15 is 0 Å². The Hall–Kier alpha value is -1.02. The average molecular weight is 192 g/mol. The molecule has 0 saturated heterocycles. The molecule has 0 unspecified atom stereocenters. The highest BCUT2D eigenvalue weighted by Gasteiger charge is 1.94. The fourth-order valence-electron chi connectivity index (χ4n) is 1.30. The number of hydrogen-bond donors (Lipinski definition) is 1. The number of benzene rings is 1. The summed E-state index contributed by atoms with van der Waals surface area (Å²) in [5.41, 5.74) is 2.52. The van der Waals surface area contributed by atoms with Gasteiger partial charge in [0.25, 0.3) is 0 Å². The minimum Gasteiger partial charge on any atom is -0.384 e. The summed E-state index contributed by atoms with van der Waals surface area (Å²) in [7, 11) is 2.14. The van der Waals surface area contributed by atoms with Gasteiger partial charge in [-0.05, 0) is 38.2 Å². The number of likely N-dealkylation sites (N-methyl/N-ethyl adjacent to an activating group) is 1. The maximum atomic E-state index is 3.41. The Balaban J connectivity index is 2.31. The van der Waals surface area contributed by atoms with Crippen molar-refractivity contribution in [1.82, 2.24) is 4.90 Å². The van der Waals surface area contributed by atoms with E-state index in [0.29, 0.717) is 0 Å². The largest absolute Gasteiger partial charge is 0.384 e. The van der Waals surface area contributed by atoms with Crippen molar-refractivity contribution in [2.75, 3.05) is 32.0 Å². The third-order valence-electron chi connectivity index (χ3n) is 2.38. The summed E-state index contributed by atoms with van der Waals surface area (Å²) in [4.78, 5) is 2.29. The van der Waals surface area contributed by atoms with E-state index < -0.39 is 0 Å². The highest BCUT2D eigenvalue weighted by Crippen LogP contribution is 2.08. The first-order valence-electron chi connectivity index (χ1n) is 5.21. The summed E-state index contributed by atoms with van der Waals surface area (Å²) >= 11 is 0. The van der Waals surface area contributed by atoms with Gasteiger partial charge in [0, 0.05) is 18.8 Å². The molecule has 0 bridgehead atoms. The molecule has 2 nitrogen and oxygen atoms in total. The van der Waals surface area contributed by atoms with Crippen LogP contribution in [0.4, 0.5) is 5.69 Å². The molecule has 0 fully saturated rings. The van der Waals surface area contributed by atoms with Gasteiger partial charge in [0.2, 0.25) is 0 Å². The zero-order chi connectivity index (χ0) is 10.4. The van der Waals surface area contributed by atoms with Crippen LogP contribution in [0, 0.1) is 6.92 Å². The quantitative estimate of drug-likeness (QED) is 0.770. The Morgan fingerprint density at radius 1 is 1.36 bits per heavy atom. The number of anilines is 1. The molecule has 78 valence electrons. The van der Waals surface area contributed by atoms with Crippen molar-refractivity contribution in [3.63, 3.8) is 0 Å². The Bertz CT molecular complexity index is 271. The van der Waals surface area contributed by atoms with Crippen LogP contribution < -0.4 is 5.32 Å². The van der Waals surface area contributed by atoms with E-state index in [-0.39, 0.29) is 0 Å². The SMILES string of the molecule is CCN(C)CCNc1cccc(C)c1. The zero-order valence-electron chi connectivity index (χ0n) is 9.38. The van der Waals surface area contributed by atoms with Crippen LogP contribution in [0.25, 0.3) is 0 Å². The van der Waals surface area contributed by atoms with Crippen LogP contribution in [0.3, 0.4) is 0 Å². The number of rotatable bonds is 5. The first-order valence-corrected chi connectivity index (χ1v) is 5.21. The van der Waals surface area contributed by atoms with Crippen molar-refractivity contribution in [2.45, 2.75) is 13.8 Å². The fourth-order valence-corrected chi connectivity index (χ4v) is 1.30. The van der Waals surface area contributed by atoms with Gasteiger partial charge in [0.05, 0.1) is 0 Å². The third kappa shape index (κ3) is 3.79. The van der Waals surface area contributed by atoms with Crippen LogP contribution in [-0.4, -0.2) is 31.6 Å². The number of hydrogen-bond acceptors (Lipinski definition) is 2. The molecule has 1 rings (SSSR count). The van der Waals surface area contributed by atoms with Gasteiger partial charge >= 0.3 is 0 Å². The number of nitrogens with one attached hydrogen (secondary N) is 1. The van der Waals surface area contributed by atoms with E-state index in [1.54, 1.807) is 0 Å². The second kappa shape index (κ2) is 5.66.